The molecule has 3 aromatic rings. The third-order valence-corrected chi connectivity index (χ3v) is 7.39. The van der Waals surface area contributed by atoms with E-state index < -0.39 is 10.0 Å². The number of sulfonamides is 1. The molecule has 0 atom stereocenters. The number of rotatable bonds is 6. The van der Waals surface area contributed by atoms with Gasteiger partial charge >= 0.3 is 0 Å². The summed E-state index contributed by atoms with van der Waals surface area (Å²) in [4.78, 5) is 6.72. The van der Waals surface area contributed by atoms with Crippen LogP contribution in [0.5, 0.6) is 11.5 Å². The van der Waals surface area contributed by atoms with Crippen molar-refractivity contribution in [2.75, 3.05) is 18.0 Å². The Kier molecular flexibility index (Phi) is 6.05. The van der Waals surface area contributed by atoms with Crippen molar-refractivity contribution in [3.05, 3.63) is 65.1 Å². The van der Waals surface area contributed by atoms with Crippen LogP contribution < -0.4 is 14.4 Å². The average Bonchev–Trinajstić information content (AvgIpc) is 3.25. The molecular weight excluding hydrogens is 430 g/mol. The van der Waals surface area contributed by atoms with E-state index in [1.165, 1.54) is 0 Å². The normalized spacial score (nSPS) is 15.4. The lowest BCUT2D eigenvalue weighted by Gasteiger charge is -2.31. The van der Waals surface area contributed by atoms with Gasteiger partial charge in [0.25, 0.3) is 0 Å². The zero-order chi connectivity index (χ0) is 20.3. The van der Waals surface area contributed by atoms with Gasteiger partial charge < -0.3 is 9.64 Å². The first-order valence-corrected chi connectivity index (χ1v) is 11.9. The third kappa shape index (κ3) is 4.90. The number of aromatic nitrogens is 1. The van der Waals surface area contributed by atoms with Crippen LogP contribution in [0.3, 0.4) is 0 Å². The Balaban J connectivity index is 1.37. The van der Waals surface area contributed by atoms with Crippen molar-refractivity contribution in [3.8, 4) is 11.5 Å². The lowest BCUT2D eigenvalue weighted by atomic mass is 10.1. The van der Waals surface area contributed by atoms with Crippen molar-refractivity contribution >= 4 is 38.1 Å². The summed E-state index contributed by atoms with van der Waals surface area (Å²) in [6, 6.07) is 13.4. The molecular formula is C20H20ClN3O3S2. The number of nitrogens with one attached hydrogen (secondary N) is 1. The standard InChI is InChI=1S/C20H20ClN3O3S2/c21-18-3-1-2-4-19(18)27-16-5-7-17(8-6-16)29(25,26)23-15-9-12-24(13-10-15)20-22-11-14-28-20/h1-8,11,14-15,23H,9-10,12-13H2. The average molecular weight is 450 g/mol. The molecule has 0 radical (unpaired) electrons. The quantitative estimate of drug-likeness (QED) is 0.598. The number of benzene rings is 2. The molecule has 0 spiro atoms. The van der Waals surface area contributed by atoms with E-state index in [1.807, 2.05) is 17.5 Å². The Morgan fingerprint density at radius 3 is 2.48 bits per heavy atom. The first-order valence-electron chi connectivity index (χ1n) is 9.20. The van der Waals surface area contributed by atoms with E-state index in [2.05, 4.69) is 14.6 Å². The van der Waals surface area contributed by atoms with Crippen LogP contribution in [0.2, 0.25) is 5.02 Å². The van der Waals surface area contributed by atoms with E-state index in [4.69, 9.17) is 16.3 Å². The number of piperidine rings is 1. The molecule has 1 aliphatic heterocycles. The van der Waals surface area contributed by atoms with Crippen LogP contribution in [0.15, 0.2) is 65.0 Å². The minimum atomic E-state index is -3.59. The zero-order valence-electron chi connectivity index (χ0n) is 15.5. The molecule has 1 aromatic heterocycles. The van der Waals surface area contributed by atoms with Gasteiger partial charge in [-0.1, -0.05) is 23.7 Å². The minimum absolute atomic E-state index is 0.0877. The van der Waals surface area contributed by atoms with Gasteiger partial charge in [-0.2, -0.15) is 0 Å². The van der Waals surface area contributed by atoms with Crippen molar-refractivity contribution in [1.29, 1.82) is 0 Å². The monoisotopic (exact) mass is 449 g/mol. The molecule has 1 N–H and O–H groups in total. The minimum Gasteiger partial charge on any atom is -0.456 e. The Labute approximate surface area is 179 Å². The van der Waals surface area contributed by atoms with Crippen molar-refractivity contribution in [2.45, 2.75) is 23.8 Å². The molecule has 4 rings (SSSR count). The topological polar surface area (TPSA) is 71.5 Å². The Morgan fingerprint density at radius 2 is 1.83 bits per heavy atom. The number of halogens is 1. The summed E-state index contributed by atoms with van der Waals surface area (Å²) in [5.74, 6) is 1.05. The maximum Gasteiger partial charge on any atom is 0.240 e. The number of hydrogen-bond donors (Lipinski definition) is 1. The smallest absolute Gasteiger partial charge is 0.240 e. The van der Waals surface area contributed by atoms with Crippen molar-refractivity contribution in [1.82, 2.24) is 9.71 Å². The second-order valence-corrected chi connectivity index (χ2v) is 9.70. The molecule has 1 fully saturated rings. The van der Waals surface area contributed by atoms with Gasteiger partial charge in [0.15, 0.2) is 5.13 Å². The Hall–Kier alpha value is -2.13. The van der Waals surface area contributed by atoms with Gasteiger partial charge in [0.1, 0.15) is 11.5 Å². The van der Waals surface area contributed by atoms with Crippen LogP contribution in [-0.2, 0) is 10.0 Å². The van der Waals surface area contributed by atoms with E-state index in [1.54, 1.807) is 53.9 Å². The molecule has 152 valence electrons. The molecule has 1 saturated heterocycles. The fourth-order valence-corrected chi connectivity index (χ4v) is 5.37. The molecule has 6 nitrogen and oxygen atoms in total. The van der Waals surface area contributed by atoms with Gasteiger partial charge in [-0.3, -0.25) is 0 Å². The number of nitrogens with zero attached hydrogens (tertiary/aromatic N) is 2. The predicted molar refractivity (Wildman–Crippen MR) is 116 cm³/mol. The molecule has 1 aliphatic rings. The fourth-order valence-electron chi connectivity index (χ4n) is 3.19. The van der Waals surface area contributed by atoms with Gasteiger partial charge in [0.05, 0.1) is 9.92 Å². The van der Waals surface area contributed by atoms with Crippen LogP contribution in [0.25, 0.3) is 0 Å². The summed E-state index contributed by atoms with van der Waals surface area (Å²) < 4.78 is 34.0. The molecule has 29 heavy (non-hydrogen) atoms. The second-order valence-electron chi connectivity index (χ2n) is 6.70. The highest BCUT2D eigenvalue weighted by Crippen LogP contribution is 2.29. The van der Waals surface area contributed by atoms with Crippen LogP contribution >= 0.6 is 22.9 Å². The van der Waals surface area contributed by atoms with Gasteiger partial charge in [0, 0.05) is 30.7 Å². The van der Waals surface area contributed by atoms with E-state index in [9.17, 15) is 8.42 Å². The zero-order valence-corrected chi connectivity index (χ0v) is 17.9. The van der Waals surface area contributed by atoms with Crippen LogP contribution in [-0.4, -0.2) is 32.5 Å². The summed E-state index contributed by atoms with van der Waals surface area (Å²) in [5, 5.41) is 3.43. The summed E-state index contributed by atoms with van der Waals surface area (Å²) in [6.45, 7) is 1.57. The van der Waals surface area contributed by atoms with E-state index in [0.717, 1.165) is 31.1 Å². The van der Waals surface area contributed by atoms with Crippen LogP contribution in [0.4, 0.5) is 5.13 Å². The highest BCUT2D eigenvalue weighted by atomic mass is 35.5. The van der Waals surface area contributed by atoms with Crippen molar-refractivity contribution in [2.24, 2.45) is 0 Å². The molecule has 0 unspecified atom stereocenters. The molecule has 0 amide bonds. The maximum atomic E-state index is 12.7. The Morgan fingerprint density at radius 1 is 1.10 bits per heavy atom. The lowest BCUT2D eigenvalue weighted by molar-refractivity contribution is 0.459. The van der Waals surface area contributed by atoms with E-state index in [-0.39, 0.29) is 10.9 Å². The maximum absolute atomic E-state index is 12.7. The number of hydrogen-bond acceptors (Lipinski definition) is 6. The van der Waals surface area contributed by atoms with Gasteiger partial charge in [0.2, 0.25) is 10.0 Å². The molecule has 0 saturated carbocycles. The first kappa shape index (κ1) is 20.2. The molecule has 9 heteroatoms. The SMILES string of the molecule is O=S(=O)(NC1CCN(c2nccs2)CC1)c1ccc(Oc2ccccc2Cl)cc1. The lowest BCUT2D eigenvalue weighted by Crippen LogP contribution is -2.44. The summed E-state index contributed by atoms with van der Waals surface area (Å²) in [6.07, 6.45) is 3.27. The van der Waals surface area contributed by atoms with Crippen molar-refractivity contribution in [3.63, 3.8) is 0 Å². The van der Waals surface area contributed by atoms with Crippen molar-refractivity contribution < 1.29 is 13.2 Å². The van der Waals surface area contributed by atoms with Gasteiger partial charge in [-0.25, -0.2) is 18.1 Å². The van der Waals surface area contributed by atoms with Crippen LogP contribution in [0, 0.1) is 0 Å². The van der Waals surface area contributed by atoms with Crippen LogP contribution in [0.1, 0.15) is 12.8 Å². The van der Waals surface area contributed by atoms with Gasteiger partial charge in [-0.05, 0) is 49.2 Å². The molecule has 2 heterocycles. The van der Waals surface area contributed by atoms with E-state index in [0.29, 0.717) is 16.5 Å². The summed E-state index contributed by atoms with van der Waals surface area (Å²) in [5.41, 5.74) is 0. The van der Waals surface area contributed by atoms with Gasteiger partial charge in [-0.15, -0.1) is 11.3 Å². The largest absolute Gasteiger partial charge is 0.456 e. The number of anilines is 1. The number of thiazole rings is 1. The molecule has 0 bridgehead atoms. The Bertz CT molecular complexity index is 1050. The predicted octanol–water partition coefficient (Wildman–Crippen LogP) is 4.54. The fraction of sp³-hybridized carbons (Fsp3) is 0.250. The molecule has 0 aliphatic carbocycles. The summed E-state index contributed by atoms with van der Waals surface area (Å²) >= 11 is 7.69. The van der Waals surface area contributed by atoms with E-state index >= 15 is 0 Å². The highest BCUT2D eigenvalue weighted by molar-refractivity contribution is 7.89. The first-order chi connectivity index (χ1) is 14.0. The second kappa shape index (κ2) is 8.71. The summed E-state index contributed by atoms with van der Waals surface area (Å²) in [7, 11) is -3.59. The highest BCUT2D eigenvalue weighted by Gasteiger charge is 2.25. The third-order valence-electron chi connectivity index (χ3n) is 4.71. The number of para-hydroxylation sites is 1. The molecule has 2 aromatic carbocycles. The number of ether oxygens (including phenoxy) is 1.